The Kier molecular flexibility index (Phi) is 2.28. The van der Waals surface area contributed by atoms with Crippen LogP contribution in [0.4, 0.5) is 0 Å². The number of carbonyl (C=O) groups excluding carboxylic acids is 1. The first kappa shape index (κ1) is 10.0. The van der Waals surface area contributed by atoms with Crippen LogP contribution in [0.25, 0.3) is 0 Å². The summed E-state index contributed by atoms with van der Waals surface area (Å²) in [4.78, 5) is 11.8. The number of halogens is 1. The van der Waals surface area contributed by atoms with Crippen LogP contribution in [0.1, 0.15) is 40.5 Å². The highest BCUT2D eigenvalue weighted by Gasteiger charge is 2.48. The molecule has 0 radical (unpaired) electrons. The van der Waals surface area contributed by atoms with Crippen LogP contribution in [0.2, 0.25) is 0 Å². The van der Waals surface area contributed by atoms with Crippen LogP contribution >= 0.6 is 16.1 Å². The maximum atomic E-state index is 11.8. The van der Waals surface area contributed by atoms with Gasteiger partial charge in [0.05, 0.1) is 16.1 Å². The van der Waals surface area contributed by atoms with E-state index in [4.69, 9.17) is 0 Å². The molecule has 1 rings (SSSR count). The highest BCUT2D eigenvalue weighted by atomic mass is 79.9. The predicted molar refractivity (Wildman–Crippen MR) is 52.9 cm³/mol. The topological polar surface area (TPSA) is 20.3 Å². The Bertz CT molecular complexity index is 203. The molecule has 2 nitrogen and oxygen atoms in total. The maximum absolute atomic E-state index is 11.8. The van der Waals surface area contributed by atoms with E-state index in [1.807, 2.05) is 27.7 Å². The summed E-state index contributed by atoms with van der Waals surface area (Å²) >= 11 is 3.32. The quantitative estimate of drug-likeness (QED) is 0.639. The van der Waals surface area contributed by atoms with Gasteiger partial charge in [-0.15, -0.1) is 0 Å². The largest absolute Gasteiger partial charge is 0.273 e. The fourth-order valence-electron chi connectivity index (χ4n) is 0.943. The Hall–Kier alpha value is -0.0500. The lowest BCUT2D eigenvalue weighted by molar-refractivity contribution is -0.133. The minimum Gasteiger partial charge on any atom is -0.273 e. The fraction of sp³-hybridized carbons (Fsp3) is 0.889. The molecule has 1 saturated carbocycles. The predicted octanol–water partition coefficient (Wildman–Crippen LogP) is 2.72. The van der Waals surface area contributed by atoms with Gasteiger partial charge in [-0.25, -0.2) is 0 Å². The summed E-state index contributed by atoms with van der Waals surface area (Å²) in [5, 5.41) is 0. The summed E-state index contributed by atoms with van der Waals surface area (Å²) in [6, 6.07) is 0. The summed E-state index contributed by atoms with van der Waals surface area (Å²) < 4.78 is 1.67. The number of rotatable bonds is 1. The van der Waals surface area contributed by atoms with Crippen LogP contribution in [0, 0.1) is 5.41 Å². The molecule has 1 aliphatic carbocycles. The number of carbonyl (C=O) groups is 1. The maximum Gasteiger partial charge on any atom is 0.238 e. The summed E-state index contributed by atoms with van der Waals surface area (Å²) in [7, 11) is 0. The Morgan fingerprint density at radius 3 is 2.08 bits per heavy atom. The third-order valence-corrected chi connectivity index (χ3v) is 3.67. The fourth-order valence-corrected chi connectivity index (χ4v) is 1.37. The van der Waals surface area contributed by atoms with E-state index in [0.717, 1.165) is 12.8 Å². The zero-order chi connectivity index (χ0) is 9.57. The van der Waals surface area contributed by atoms with Gasteiger partial charge in [-0.1, -0.05) is 6.92 Å². The van der Waals surface area contributed by atoms with E-state index in [2.05, 4.69) is 16.1 Å². The van der Waals surface area contributed by atoms with Crippen molar-refractivity contribution in [1.82, 2.24) is 3.93 Å². The molecule has 12 heavy (non-hydrogen) atoms. The van der Waals surface area contributed by atoms with E-state index in [9.17, 15) is 4.79 Å². The highest BCUT2D eigenvalue weighted by molar-refractivity contribution is 9.07. The number of amides is 1. The van der Waals surface area contributed by atoms with E-state index < -0.39 is 0 Å². The van der Waals surface area contributed by atoms with E-state index in [1.54, 1.807) is 3.93 Å². The molecule has 3 heteroatoms. The molecule has 0 atom stereocenters. The normalized spacial score (nSPS) is 20.4. The molecule has 70 valence electrons. The van der Waals surface area contributed by atoms with Crippen molar-refractivity contribution >= 4 is 22.1 Å². The van der Waals surface area contributed by atoms with Crippen molar-refractivity contribution in [3.63, 3.8) is 0 Å². The Morgan fingerprint density at radius 1 is 1.42 bits per heavy atom. The van der Waals surface area contributed by atoms with Gasteiger partial charge in [0.15, 0.2) is 0 Å². The van der Waals surface area contributed by atoms with Crippen molar-refractivity contribution in [3.05, 3.63) is 0 Å². The standard InChI is InChI=1S/C9H16BrNO/c1-8(2,3)11(10)7(12)9(4)5-6-9/h5-6H2,1-4H3. The Balaban J connectivity index is 2.65. The molecule has 0 saturated heterocycles. The van der Waals surface area contributed by atoms with E-state index >= 15 is 0 Å². The lowest BCUT2D eigenvalue weighted by Crippen LogP contribution is -2.41. The molecule has 0 N–H and O–H groups in total. The summed E-state index contributed by atoms with van der Waals surface area (Å²) in [5.41, 5.74) is -0.195. The first-order valence-corrected chi connectivity index (χ1v) is 4.99. The lowest BCUT2D eigenvalue weighted by atomic mass is 10.0. The molecular formula is C9H16BrNO. The Labute approximate surface area is 82.7 Å². The SMILES string of the molecule is CC1(C(=O)N(Br)C(C)(C)C)CC1. The molecule has 1 fully saturated rings. The molecule has 0 aromatic rings. The van der Waals surface area contributed by atoms with Gasteiger partial charge in [0, 0.05) is 11.0 Å². The average molecular weight is 234 g/mol. The zero-order valence-corrected chi connectivity index (χ0v) is 9.73. The molecule has 0 heterocycles. The molecule has 0 aliphatic heterocycles. The average Bonchev–Trinajstić information content (AvgIpc) is 2.64. The van der Waals surface area contributed by atoms with Crippen LogP contribution in [-0.2, 0) is 4.79 Å². The third kappa shape index (κ3) is 1.82. The minimum absolute atomic E-state index is 0.0726. The number of nitrogens with zero attached hydrogens (tertiary/aromatic N) is 1. The molecule has 1 aliphatic rings. The van der Waals surface area contributed by atoms with Crippen molar-refractivity contribution in [2.45, 2.75) is 46.1 Å². The molecule has 0 bridgehead atoms. The van der Waals surface area contributed by atoms with Crippen LogP contribution in [0.15, 0.2) is 0 Å². The van der Waals surface area contributed by atoms with Gasteiger partial charge in [0.1, 0.15) is 0 Å². The highest BCUT2D eigenvalue weighted by Crippen LogP contribution is 2.48. The van der Waals surface area contributed by atoms with Gasteiger partial charge in [0.2, 0.25) is 5.91 Å². The molecular weight excluding hydrogens is 218 g/mol. The Morgan fingerprint density at radius 2 is 1.83 bits per heavy atom. The minimum atomic E-state index is -0.122. The molecule has 0 unspecified atom stereocenters. The van der Waals surface area contributed by atoms with Gasteiger partial charge in [-0.2, -0.15) is 0 Å². The summed E-state index contributed by atoms with van der Waals surface area (Å²) in [6.07, 6.45) is 2.06. The molecule has 1 amide bonds. The van der Waals surface area contributed by atoms with Crippen LogP contribution in [-0.4, -0.2) is 15.4 Å². The third-order valence-electron chi connectivity index (χ3n) is 2.28. The first-order chi connectivity index (χ1) is 5.27. The summed E-state index contributed by atoms with van der Waals surface area (Å²) in [5.74, 6) is 0.218. The van der Waals surface area contributed by atoms with Crippen molar-refractivity contribution in [2.24, 2.45) is 5.41 Å². The number of hydrogen-bond acceptors (Lipinski definition) is 1. The molecule has 0 spiro atoms. The van der Waals surface area contributed by atoms with Gasteiger partial charge >= 0.3 is 0 Å². The smallest absolute Gasteiger partial charge is 0.238 e. The second-order valence-electron chi connectivity index (χ2n) is 4.82. The van der Waals surface area contributed by atoms with Crippen molar-refractivity contribution in [2.75, 3.05) is 0 Å². The van der Waals surface area contributed by atoms with Crippen molar-refractivity contribution in [3.8, 4) is 0 Å². The number of hydrogen-bond donors (Lipinski definition) is 0. The van der Waals surface area contributed by atoms with Gasteiger partial charge in [-0.3, -0.25) is 8.72 Å². The zero-order valence-electron chi connectivity index (χ0n) is 8.15. The van der Waals surface area contributed by atoms with E-state index in [1.165, 1.54) is 0 Å². The van der Waals surface area contributed by atoms with Gasteiger partial charge < -0.3 is 0 Å². The van der Waals surface area contributed by atoms with Gasteiger partial charge in [0.25, 0.3) is 0 Å². The van der Waals surface area contributed by atoms with E-state index in [-0.39, 0.29) is 16.9 Å². The van der Waals surface area contributed by atoms with Crippen molar-refractivity contribution < 1.29 is 4.79 Å². The van der Waals surface area contributed by atoms with E-state index in [0.29, 0.717) is 0 Å². The van der Waals surface area contributed by atoms with Crippen molar-refractivity contribution in [1.29, 1.82) is 0 Å². The van der Waals surface area contributed by atoms with Crippen LogP contribution in [0.5, 0.6) is 0 Å². The van der Waals surface area contributed by atoms with Gasteiger partial charge in [-0.05, 0) is 33.6 Å². The molecule has 0 aromatic heterocycles. The van der Waals surface area contributed by atoms with Crippen LogP contribution in [0.3, 0.4) is 0 Å². The van der Waals surface area contributed by atoms with Crippen LogP contribution < -0.4 is 0 Å². The second-order valence-corrected chi connectivity index (χ2v) is 5.53. The molecule has 0 aromatic carbocycles. The lowest BCUT2D eigenvalue weighted by Gasteiger charge is -2.31. The monoisotopic (exact) mass is 233 g/mol. The summed E-state index contributed by atoms with van der Waals surface area (Å²) in [6.45, 7) is 8.08. The first-order valence-electron chi connectivity index (χ1n) is 4.28. The second kappa shape index (κ2) is 2.72.